The van der Waals surface area contributed by atoms with Gasteiger partial charge in [0, 0.05) is 38.2 Å². The van der Waals surface area contributed by atoms with Crippen molar-refractivity contribution in [3.05, 3.63) is 30.1 Å². The minimum absolute atomic E-state index is 0.0114. The minimum atomic E-state index is -0.399. The van der Waals surface area contributed by atoms with Crippen LogP contribution in [0.2, 0.25) is 0 Å². The number of anilines is 1. The number of nitrogens with zero attached hydrogens (tertiary/aromatic N) is 2. The number of carbonyl (C=O) groups is 2. The smallest absolute Gasteiger partial charge is 0.224 e. The van der Waals surface area contributed by atoms with Gasteiger partial charge < -0.3 is 15.1 Å². The molecule has 0 aromatic heterocycles. The van der Waals surface area contributed by atoms with Gasteiger partial charge in [0.1, 0.15) is 5.82 Å². The summed E-state index contributed by atoms with van der Waals surface area (Å²) in [4.78, 5) is 28.3. The highest BCUT2D eigenvalue weighted by Gasteiger charge is 2.19. The van der Waals surface area contributed by atoms with E-state index in [0.717, 1.165) is 39.1 Å². The highest BCUT2D eigenvalue weighted by Crippen LogP contribution is 2.11. The van der Waals surface area contributed by atoms with Crippen LogP contribution in [0.5, 0.6) is 0 Å². The van der Waals surface area contributed by atoms with Gasteiger partial charge in [-0.2, -0.15) is 0 Å². The second-order valence-corrected chi connectivity index (χ2v) is 5.73. The Kier molecular flexibility index (Phi) is 6.52. The van der Waals surface area contributed by atoms with Gasteiger partial charge in [-0.15, -0.1) is 0 Å². The molecule has 0 bridgehead atoms. The van der Waals surface area contributed by atoms with Crippen LogP contribution in [0.1, 0.15) is 26.2 Å². The van der Waals surface area contributed by atoms with E-state index in [9.17, 15) is 14.0 Å². The van der Waals surface area contributed by atoms with Crippen LogP contribution in [0.25, 0.3) is 0 Å². The number of hydrogen-bond donors (Lipinski definition) is 1. The Morgan fingerprint density at radius 3 is 2.74 bits per heavy atom. The molecule has 1 aliphatic heterocycles. The number of hydrogen-bond acceptors (Lipinski definition) is 3. The van der Waals surface area contributed by atoms with E-state index in [1.54, 1.807) is 6.07 Å². The Labute approximate surface area is 136 Å². The summed E-state index contributed by atoms with van der Waals surface area (Å²) in [6, 6.07) is 5.73. The molecule has 0 spiro atoms. The first-order valence-electron chi connectivity index (χ1n) is 8.14. The number of rotatable bonds is 5. The molecule has 23 heavy (non-hydrogen) atoms. The standard InChI is InChI=1S/C17H24FN3O2/c1-2-20-9-4-10-21(12-11-20)17(23)8-7-16(22)19-15-6-3-5-14(18)13-15/h3,5-6,13H,2,4,7-12H2,1H3,(H,19,22). The Hall–Kier alpha value is -1.95. The molecule has 1 aromatic rings. The number of halogens is 1. The molecule has 0 radical (unpaired) electrons. The molecule has 2 amide bonds. The maximum atomic E-state index is 13.1. The fourth-order valence-corrected chi connectivity index (χ4v) is 2.70. The van der Waals surface area contributed by atoms with Gasteiger partial charge >= 0.3 is 0 Å². The zero-order chi connectivity index (χ0) is 16.7. The van der Waals surface area contributed by atoms with E-state index in [2.05, 4.69) is 17.1 Å². The Morgan fingerprint density at radius 2 is 2.00 bits per heavy atom. The molecular weight excluding hydrogens is 297 g/mol. The van der Waals surface area contributed by atoms with Crippen LogP contribution in [-0.4, -0.2) is 54.3 Å². The molecule has 0 saturated carbocycles. The first-order chi connectivity index (χ1) is 11.1. The van der Waals surface area contributed by atoms with Crippen LogP contribution in [0, 0.1) is 5.82 Å². The zero-order valence-electron chi connectivity index (χ0n) is 13.6. The van der Waals surface area contributed by atoms with Crippen molar-refractivity contribution in [3.8, 4) is 0 Å². The summed E-state index contributed by atoms with van der Waals surface area (Å²) in [7, 11) is 0. The fourth-order valence-electron chi connectivity index (χ4n) is 2.70. The Bertz CT molecular complexity index is 550. The number of carbonyl (C=O) groups excluding carboxylic acids is 2. The molecule has 2 rings (SSSR count). The number of benzene rings is 1. The van der Waals surface area contributed by atoms with E-state index in [0.29, 0.717) is 5.69 Å². The molecule has 0 aliphatic carbocycles. The Morgan fingerprint density at radius 1 is 1.17 bits per heavy atom. The van der Waals surface area contributed by atoms with E-state index < -0.39 is 5.82 Å². The molecule has 5 nitrogen and oxygen atoms in total. The molecule has 0 unspecified atom stereocenters. The molecule has 1 saturated heterocycles. The van der Waals surface area contributed by atoms with E-state index >= 15 is 0 Å². The predicted octanol–water partition coefficient (Wildman–Crippen LogP) is 2.10. The van der Waals surface area contributed by atoms with Crippen molar-refractivity contribution in [3.63, 3.8) is 0 Å². The lowest BCUT2D eigenvalue weighted by atomic mass is 10.2. The van der Waals surface area contributed by atoms with Crippen molar-refractivity contribution in [2.75, 3.05) is 38.0 Å². The lowest BCUT2D eigenvalue weighted by molar-refractivity contribution is -0.132. The summed E-state index contributed by atoms with van der Waals surface area (Å²) in [5, 5.41) is 2.61. The van der Waals surface area contributed by atoms with Gasteiger partial charge in [-0.05, 0) is 37.7 Å². The van der Waals surface area contributed by atoms with Crippen LogP contribution in [0.4, 0.5) is 10.1 Å². The van der Waals surface area contributed by atoms with Crippen molar-refractivity contribution in [1.82, 2.24) is 9.80 Å². The molecule has 1 heterocycles. The third kappa shape index (κ3) is 5.63. The summed E-state index contributed by atoms with van der Waals surface area (Å²) < 4.78 is 13.1. The van der Waals surface area contributed by atoms with E-state index in [1.807, 2.05) is 4.90 Å². The summed E-state index contributed by atoms with van der Waals surface area (Å²) in [5.41, 5.74) is 0.413. The quantitative estimate of drug-likeness (QED) is 0.903. The van der Waals surface area contributed by atoms with Crippen molar-refractivity contribution < 1.29 is 14.0 Å². The van der Waals surface area contributed by atoms with Gasteiger partial charge in [0.25, 0.3) is 0 Å². The maximum absolute atomic E-state index is 13.1. The predicted molar refractivity (Wildman–Crippen MR) is 87.6 cm³/mol. The van der Waals surface area contributed by atoms with Crippen molar-refractivity contribution >= 4 is 17.5 Å². The molecule has 1 aliphatic rings. The van der Waals surface area contributed by atoms with Crippen molar-refractivity contribution in [2.24, 2.45) is 0 Å². The number of nitrogens with one attached hydrogen (secondary N) is 1. The molecule has 126 valence electrons. The Balaban J connectivity index is 1.76. The van der Waals surface area contributed by atoms with Crippen molar-refractivity contribution in [1.29, 1.82) is 0 Å². The number of amides is 2. The number of likely N-dealkylation sites (N-methyl/N-ethyl adjacent to an activating group) is 1. The molecule has 1 fully saturated rings. The van der Waals surface area contributed by atoms with Gasteiger partial charge in [0.15, 0.2) is 0 Å². The summed E-state index contributed by atoms with van der Waals surface area (Å²) >= 11 is 0. The van der Waals surface area contributed by atoms with Gasteiger partial charge in [-0.1, -0.05) is 13.0 Å². The van der Waals surface area contributed by atoms with Crippen molar-refractivity contribution in [2.45, 2.75) is 26.2 Å². The van der Waals surface area contributed by atoms with Crippen LogP contribution < -0.4 is 5.32 Å². The van der Waals surface area contributed by atoms with Gasteiger partial charge in [0.2, 0.25) is 11.8 Å². The molecule has 1 aromatic carbocycles. The second-order valence-electron chi connectivity index (χ2n) is 5.73. The third-order valence-corrected chi connectivity index (χ3v) is 4.06. The lowest BCUT2D eigenvalue weighted by Crippen LogP contribution is -2.35. The van der Waals surface area contributed by atoms with E-state index in [4.69, 9.17) is 0 Å². The first kappa shape index (κ1) is 17.4. The van der Waals surface area contributed by atoms with Crippen LogP contribution in [0.3, 0.4) is 0 Å². The first-order valence-corrected chi connectivity index (χ1v) is 8.14. The summed E-state index contributed by atoms with van der Waals surface area (Å²) in [6.45, 7) is 6.49. The molecule has 0 atom stereocenters. The zero-order valence-corrected chi connectivity index (χ0v) is 13.6. The van der Waals surface area contributed by atoms with Crippen LogP contribution in [-0.2, 0) is 9.59 Å². The van der Waals surface area contributed by atoms with Gasteiger partial charge in [-0.3, -0.25) is 9.59 Å². The fraction of sp³-hybridized carbons (Fsp3) is 0.529. The third-order valence-electron chi connectivity index (χ3n) is 4.06. The second kappa shape index (κ2) is 8.62. The maximum Gasteiger partial charge on any atom is 0.224 e. The van der Waals surface area contributed by atoms with E-state index in [-0.39, 0.29) is 24.7 Å². The average molecular weight is 321 g/mol. The molecule has 1 N–H and O–H groups in total. The van der Waals surface area contributed by atoms with Crippen LogP contribution >= 0.6 is 0 Å². The summed E-state index contributed by atoms with van der Waals surface area (Å²) in [6.07, 6.45) is 1.27. The van der Waals surface area contributed by atoms with E-state index in [1.165, 1.54) is 18.2 Å². The molecule has 6 heteroatoms. The molecular formula is C17H24FN3O2. The SMILES string of the molecule is CCN1CCCN(C(=O)CCC(=O)Nc2cccc(F)c2)CC1. The highest BCUT2D eigenvalue weighted by atomic mass is 19.1. The van der Waals surface area contributed by atoms with Gasteiger partial charge in [-0.25, -0.2) is 4.39 Å². The van der Waals surface area contributed by atoms with Gasteiger partial charge in [0.05, 0.1) is 0 Å². The highest BCUT2D eigenvalue weighted by molar-refractivity contribution is 5.93. The topological polar surface area (TPSA) is 52.7 Å². The average Bonchev–Trinajstić information content (AvgIpc) is 2.78. The minimum Gasteiger partial charge on any atom is -0.341 e. The largest absolute Gasteiger partial charge is 0.341 e. The lowest BCUT2D eigenvalue weighted by Gasteiger charge is -2.21. The monoisotopic (exact) mass is 321 g/mol. The normalized spacial score (nSPS) is 16.0. The van der Waals surface area contributed by atoms with Crippen LogP contribution in [0.15, 0.2) is 24.3 Å². The summed E-state index contributed by atoms with van der Waals surface area (Å²) in [5.74, 6) is -0.657.